The SMILES string of the molecule is COC(=O)c1sc2ccccc2c1NCCN.Cl. The lowest BCUT2D eigenvalue weighted by Gasteiger charge is -2.05. The van der Waals surface area contributed by atoms with Gasteiger partial charge < -0.3 is 15.8 Å². The first-order valence-electron chi connectivity index (χ1n) is 5.31. The Morgan fingerprint density at radius 1 is 1.44 bits per heavy atom. The number of hydrogen-bond donors (Lipinski definition) is 2. The molecule has 2 rings (SSSR count). The van der Waals surface area contributed by atoms with Crippen molar-refractivity contribution in [3.63, 3.8) is 0 Å². The van der Waals surface area contributed by atoms with Crippen molar-refractivity contribution in [3.05, 3.63) is 29.1 Å². The van der Waals surface area contributed by atoms with E-state index >= 15 is 0 Å². The summed E-state index contributed by atoms with van der Waals surface area (Å²) >= 11 is 1.43. The van der Waals surface area contributed by atoms with E-state index in [9.17, 15) is 4.79 Å². The largest absolute Gasteiger partial charge is 0.465 e. The summed E-state index contributed by atoms with van der Waals surface area (Å²) in [7, 11) is 1.39. The summed E-state index contributed by atoms with van der Waals surface area (Å²) in [6, 6.07) is 7.87. The van der Waals surface area contributed by atoms with Crippen LogP contribution < -0.4 is 11.1 Å². The standard InChI is InChI=1S/C12H14N2O2S.ClH/c1-16-12(15)11-10(14-7-6-13)8-4-2-3-5-9(8)17-11;/h2-5,14H,6-7,13H2,1H3;1H. The molecule has 98 valence electrons. The Kier molecular flexibility index (Phi) is 5.40. The van der Waals surface area contributed by atoms with Gasteiger partial charge in [-0.25, -0.2) is 4.79 Å². The molecule has 0 aliphatic heterocycles. The third-order valence-electron chi connectivity index (χ3n) is 2.41. The fourth-order valence-electron chi connectivity index (χ4n) is 1.65. The molecule has 0 unspecified atom stereocenters. The molecule has 0 bridgehead atoms. The fourth-order valence-corrected chi connectivity index (χ4v) is 2.75. The van der Waals surface area contributed by atoms with Crippen LogP contribution in [0.2, 0.25) is 0 Å². The predicted octanol–water partition coefficient (Wildman–Crippen LogP) is 2.48. The quantitative estimate of drug-likeness (QED) is 0.848. The zero-order valence-electron chi connectivity index (χ0n) is 9.93. The summed E-state index contributed by atoms with van der Waals surface area (Å²) in [6.07, 6.45) is 0. The van der Waals surface area contributed by atoms with E-state index < -0.39 is 0 Å². The molecule has 1 aromatic carbocycles. The zero-order valence-corrected chi connectivity index (χ0v) is 11.6. The number of esters is 1. The summed E-state index contributed by atoms with van der Waals surface area (Å²) in [5.74, 6) is -0.314. The molecule has 0 atom stereocenters. The minimum absolute atomic E-state index is 0. The Labute approximate surface area is 116 Å². The van der Waals surface area contributed by atoms with Crippen LogP contribution in [0.5, 0.6) is 0 Å². The first-order chi connectivity index (χ1) is 8.27. The Bertz CT molecular complexity index is 542. The third kappa shape index (κ3) is 2.75. The number of methoxy groups -OCH3 is 1. The van der Waals surface area contributed by atoms with Crippen LogP contribution in [-0.2, 0) is 4.74 Å². The van der Waals surface area contributed by atoms with E-state index in [1.165, 1.54) is 18.4 Å². The Morgan fingerprint density at radius 2 is 2.17 bits per heavy atom. The van der Waals surface area contributed by atoms with Crippen LogP contribution in [0.25, 0.3) is 10.1 Å². The van der Waals surface area contributed by atoms with Crippen LogP contribution in [0, 0.1) is 0 Å². The van der Waals surface area contributed by atoms with Crippen molar-refractivity contribution >= 4 is 45.5 Å². The van der Waals surface area contributed by atoms with Gasteiger partial charge in [0.15, 0.2) is 0 Å². The van der Waals surface area contributed by atoms with Crippen molar-refractivity contribution < 1.29 is 9.53 Å². The van der Waals surface area contributed by atoms with Gasteiger partial charge in [-0.3, -0.25) is 0 Å². The maximum Gasteiger partial charge on any atom is 0.350 e. The number of nitrogens with one attached hydrogen (secondary N) is 1. The fraction of sp³-hybridized carbons (Fsp3) is 0.250. The van der Waals surface area contributed by atoms with Crippen LogP contribution in [0.3, 0.4) is 0 Å². The number of benzene rings is 1. The van der Waals surface area contributed by atoms with Gasteiger partial charge in [-0.2, -0.15) is 0 Å². The number of halogens is 1. The van der Waals surface area contributed by atoms with Gasteiger partial charge in [0.05, 0.1) is 12.8 Å². The summed E-state index contributed by atoms with van der Waals surface area (Å²) in [4.78, 5) is 12.3. The summed E-state index contributed by atoms with van der Waals surface area (Å²) in [6.45, 7) is 1.15. The second-order valence-corrected chi connectivity index (χ2v) is 4.56. The second-order valence-electron chi connectivity index (χ2n) is 3.51. The van der Waals surface area contributed by atoms with E-state index in [1.54, 1.807) is 0 Å². The van der Waals surface area contributed by atoms with Crippen molar-refractivity contribution in [1.29, 1.82) is 0 Å². The molecule has 0 amide bonds. The number of hydrogen-bond acceptors (Lipinski definition) is 5. The molecule has 0 radical (unpaired) electrons. The highest BCUT2D eigenvalue weighted by atomic mass is 35.5. The van der Waals surface area contributed by atoms with Gasteiger partial charge in [-0.15, -0.1) is 23.7 Å². The first kappa shape index (κ1) is 14.8. The highest BCUT2D eigenvalue weighted by molar-refractivity contribution is 7.21. The summed E-state index contributed by atoms with van der Waals surface area (Å²) < 4.78 is 5.85. The van der Waals surface area contributed by atoms with E-state index in [4.69, 9.17) is 10.5 Å². The molecule has 0 aliphatic carbocycles. The molecule has 4 nitrogen and oxygen atoms in total. The number of anilines is 1. The molecule has 0 aliphatic rings. The molecule has 3 N–H and O–H groups in total. The molecule has 18 heavy (non-hydrogen) atoms. The number of nitrogens with two attached hydrogens (primary N) is 1. The van der Waals surface area contributed by atoms with E-state index in [2.05, 4.69) is 5.32 Å². The summed E-state index contributed by atoms with van der Waals surface area (Å²) in [5, 5.41) is 4.22. The van der Waals surface area contributed by atoms with Crippen molar-refractivity contribution in [2.75, 3.05) is 25.5 Å². The number of thiophene rings is 1. The van der Waals surface area contributed by atoms with E-state index in [-0.39, 0.29) is 18.4 Å². The number of fused-ring (bicyclic) bond motifs is 1. The highest BCUT2D eigenvalue weighted by Gasteiger charge is 2.18. The second kappa shape index (κ2) is 6.58. The summed E-state index contributed by atoms with van der Waals surface area (Å²) in [5.41, 5.74) is 6.29. The number of carbonyl (C=O) groups excluding carboxylic acids is 1. The molecule has 0 spiro atoms. The lowest BCUT2D eigenvalue weighted by molar-refractivity contribution is 0.0607. The lowest BCUT2D eigenvalue weighted by atomic mass is 10.2. The number of carbonyl (C=O) groups is 1. The Balaban J connectivity index is 0.00000162. The predicted molar refractivity (Wildman–Crippen MR) is 78.0 cm³/mol. The van der Waals surface area contributed by atoms with Gasteiger partial charge in [0.2, 0.25) is 0 Å². The van der Waals surface area contributed by atoms with Crippen molar-refractivity contribution in [2.45, 2.75) is 0 Å². The van der Waals surface area contributed by atoms with Crippen LogP contribution in [-0.4, -0.2) is 26.2 Å². The molecule has 1 heterocycles. The molecule has 1 aromatic heterocycles. The maximum absolute atomic E-state index is 11.7. The van der Waals surface area contributed by atoms with Gasteiger partial charge in [0.1, 0.15) is 4.88 Å². The van der Waals surface area contributed by atoms with E-state index in [0.717, 1.165) is 15.8 Å². The van der Waals surface area contributed by atoms with Gasteiger partial charge in [-0.1, -0.05) is 18.2 Å². The van der Waals surface area contributed by atoms with Crippen LogP contribution in [0.1, 0.15) is 9.67 Å². The minimum atomic E-state index is -0.314. The average molecular weight is 287 g/mol. The van der Waals surface area contributed by atoms with E-state index in [1.807, 2.05) is 24.3 Å². The van der Waals surface area contributed by atoms with Crippen LogP contribution in [0.15, 0.2) is 24.3 Å². The minimum Gasteiger partial charge on any atom is -0.465 e. The molecule has 2 aromatic rings. The Morgan fingerprint density at radius 3 is 2.83 bits per heavy atom. The average Bonchev–Trinajstić information content (AvgIpc) is 2.74. The van der Waals surface area contributed by atoms with Crippen LogP contribution >= 0.6 is 23.7 Å². The van der Waals surface area contributed by atoms with E-state index in [0.29, 0.717) is 18.0 Å². The van der Waals surface area contributed by atoms with Crippen molar-refractivity contribution in [3.8, 4) is 0 Å². The Hall–Kier alpha value is -1.30. The number of rotatable bonds is 4. The highest BCUT2D eigenvalue weighted by Crippen LogP contribution is 2.35. The molecule has 6 heteroatoms. The molecular weight excluding hydrogens is 272 g/mol. The van der Waals surface area contributed by atoms with Crippen LogP contribution in [0.4, 0.5) is 5.69 Å². The number of ether oxygens (including phenoxy) is 1. The monoisotopic (exact) mass is 286 g/mol. The lowest BCUT2D eigenvalue weighted by Crippen LogP contribution is -2.14. The third-order valence-corrected chi connectivity index (χ3v) is 3.56. The van der Waals surface area contributed by atoms with Crippen molar-refractivity contribution in [1.82, 2.24) is 0 Å². The van der Waals surface area contributed by atoms with Gasteiger partial charge in [-0.05, 0) is 6.07 Å². The molecular formula is C12H15ClN2O2S. The zero-order chi connectivity index (χ0) is 12.3. The smallest absolute Gasteiger partial charge is 0.350 e. The molecule has 0 fully saturated rings. The normalized spacial score (nSPS) is 9.89. The van der Waals surface area contributed by atoms with Gasteiger partial charge >= 0.3 is 5.97 Å². The maximum atomic E-state index is 11.7. The van der Waals surface area contributed by atoms with Gasteiger partial charge in [0.25, 0.3) is 0 Å². The molecule has 0 saturated heterocycles. The van der Waals surface area contributed by atoms with Gasteiger partial charge in [0, 0.05) is 23.2 Å². The molecule has 0 saturated carbocycles. The topological polar surface area (TPSA) is 64.3 Å². The van der Waals surface area contributed by atoms with Crippen molar-refractivity contribution in [2.24, 2.45) is 5.73 Å². The first-order valence-corrected chi connectivity index (χ1v) is 6.13.